The van der Waals surface area contributed by atoms with Crippen LogP contribution in [0.2, 0.25) is 0 Å². The van der Waals surface area contributed by atoms with Crippen molar-refractivity contribution in [1.29, 1.82) is 0 Å². The molecule has 0 amide bonds. The quantitative estimate of drug-likeness (QED) is 0.569. The van der Waals surface area contributed by atoms with Crippen molar-refractivity contribution in [1.82, 2.24) is 0 Å². The lowest BCUT2D eigenvalue weighted by Crippen LogP contribution is -2.52. The number of hydrogen-bond acceptors (Lipinski definition) is 4. The first-order valence-corrected chi connectivity index (χ1v) is 8.97. The predicted molar refractivity (Wildman–Crippen MR) is 91.4 cm³/mol. The zero-order valence-corrected chi connectivity index (χ0v) is 15.3. The number of aliphatic hydroxyl groups excluding tert-OH is 2. The number of Topliss-reactive ketones (excluding diaryl/α,β-unsaturated/α-hetero) is 2. The first-order valence-electron chi connectivity index (χ1n) is 8.97. The SMILES string of the molecule is CC(C)C1=C(O)C2=C(C(=O)C1=O)[C@@]1(C)CCCC(C)(C)[C@H]1C[C@H]2O. The number of aliphatic hydroxyl groups is 2. The van der Waals surface area contributed by atoms with Gasteiger partial charge in [0, 0.05) is 22.1 Å². The molecule has 0 aliphatic heterocycles. The summed E-state index contributed by atoms with van der Waals surface area (Å²) in [7, 11) is 0. The van der Waals surface area contributed by atoms with Gasteiger partial charge in [-0.05, 0) is 36.5 Å². The number of hydrogen-bond donors (Lipinski definition) is 2. The van der Waals surface area contributed by atoms with Crippen LogP contribution in [0.5, 0.6) is 0 Å². The number of fused-ring (bicyclic) bond motifs is 2. The number of ketones is 2. The first-order chi connectivity index (χ1) is 11.0. The average molecular weight is 332 g/mol. The molecule has 1 saturated carbocycles. The molecular formula is C20H28O4. The molecule has 0 aromatic rings. The molecule has 24 heavy (non-hydrogen) atoms. The molecule has 132 valence electrons. The van der Waals surface area contributed by atoms with E-state index in [0.717, 1.165) is 19.3 Å². The van der Waals surface area contributed by atoms with Crippen LogP contribution >= 0.6 is 0 Å². The van der Waals surface area contributed by atoms with Crippen LogP contribution in [0.3, 0.4) is 0 Å². The minimum atomic E-state index is -0.888. The second-order valence-electron chi connectivity index (χ2n) is 8.93. The van der Waals surface area contributed by atoms with Gasteiger partial charge in [0.1, 0.15) is 5.76 Å². The molecule has 0 aromatic heterocycles. The van der Waals surface area contributed by atoms with Gasteiger partial charge in [-0.2, -0.15) is 0 Å². The monoisotopic (exact) mass is 332 g/mol. The van der Waals surface area contributed by atoms with E-state index in [9.17, 15) is 19.8 Å². The molecule has 0 saturated heterocycles. The fourth-order valence-electron chi connectivity index (χ4n) is 5.50. The normalized spacial score (nSPS) is 36.1. The third kappa shape index (κ3) is 2.15. The van der Waals surface area contributed by atoms with E-state index >= 15 is 0 Å². The zero-order chi connectivity index (χ0) is 18.0. The lowest BCUT2D eigenvalue weighted by molar-refractivity contribution is -0.135. The molecule has 3 atom stereocenters. The molecule has 0 radical (unpaired) electrons. The van der Waals surface area contributed by atoms with Crippen molar-refractivity contribution in [2.75, 3.05) is 0 Å². The lowest BCUT2D eigenvalue weighted by atomic mass is 9.48. The second kappa shape index (κ2) is 5.29. The Bertz CT molecular complexity index is 680. The summed E-state index contributed by atoms with van der Waals surface area (Å²) in [6, 6.07) is 0. The number of carbonyl (C=O) groups is 2. The molecule has 0 heterocycles. The van der Waals surface area contributed by atoms with E-state index in [2.05, 4.69) is 13.8 Å². The van der Waals surface area contributed by atoms with Gasteiger partial charge >= 0.3 is 0 Å². The zero-order valence-electron chi connectivity index (χ0n) is 15.3. The minimum absolute atomic E-state index is 0.00645. The van der Waals surface area contributed by atoms with Crippen molar-refractivity contribution in [2.24, 2.45) is 22.7 Å². The van der Waals surface area contributed by atoms with Gasteiger partial charge in [0.2, 0.25) is 11.6 Å². The Kier molecular flexibility index (Phi) is 3.83. The Balaban J connectivity index is 2.27. The van der Waals surface area contributed by atoms with Crippen molar-refractivity contribution in [2.45, 2.75) is 66.4 Å². The van der Waals surface area contributed by atoms with E-state index in [0.29, 0.717) is 17.6 Å². The maximum atomic E-state index is 13.0. The molecule has 0 bridgehead atoms. The smallest absolute Gasteiger partial charge is 0.233 e. The standard InChI is InChI=1S/C20H28O4/c1-10(2)13-16(22)14-11(21)9-12-19(3,4)7-6-8-20(12,5)15(14)18(24)17(13)23/h10-12,21-22H,6-9H2,1-5H3/t11-,12-,20+/m1/s1. The molecule has 2 N–H and O–H groups in total. The third-order valence-corrected chi connectivity index (χ3v) is 6.63. The lowest BCUT2D eigenvalue weighted by Gasteiger charge is -2.56. The van der Waals surface area contributed by atoms with Crippen LogP contribution in [0.4, 0.5) is 0 Å². The van der Waals surface area contributed by atoms with Gasteiger partial charge in [-0.25, -0.2) is 0 Å². The summed E-state index contributed by atoms with van der Waals surface area (Å²) >= 11 is 0. The van der Waals surface area contributed by atoms with Crippen LogP contribution in [-0.4, -0.2) is 27.9 Å². The van der Waals surface area contributed by atoms with Gasteiger partial charge in [-0.3, -0.25) is 9.59 Å². The average Bonchev–Trinajstić information content (AvgIpc) is 2.45. The summed E-state index contributed by atoms with van der Waals surface area (Å²) in [4.78, 5) is 25.6. The summed E-state index contributed by atoms with van der Waals surface area (Å²) in [5.74, 6) is -1.40. The van der Waals surface area contributed by atoms with Gasteiger partial charge in [0.15, 0.2) is 0 Å². The van der Waals surface area contributed by atoms with Crippen LogP contribution in [0.1, 0.15) is 60.3 Å². The second-order valence-corrected chi connectivity index (χ2v) is 8.93. The van der Waals surface area contributed by atoms with Gasteiger partial charge in [-0.1, -0.05) is 41.0 Å². The van der Waals surface area contributed by atoms with Gasteiger partial charge in [-0.15, -0.1) is 0 Å². The van der Waals surface area contributed by atoms with Crippen LogP contribution in [0, 0.1) is 22.7 Å². The van der Waals surface area contributed by atoms with Crippen molar-refractivity contribution < 1.29 is 19.8 Å². The van der Waals surface area contributed by atoms with E-state index in [4.69, 9.17) is 0 Å². The van der Waals surface area contributed by atoms with Crippen molar-refractivity contribution in [3.8, 4) is 0 Å². The Hall–Kier alpha value is -1.42. The molecule has 4 nitrogen and oxygen atoms in total. The van der Waals surface area contributed by atoms with E-state index in [-0.39, 0.29) is 28.6 Å². The highest BCUT2D eigenvalue weighted by Gasteiger charge is 2.57. The molecule has 1 fully saturated rings. The van der Waals surface area contributed by atoms with Crippen LogP contribution in [-0.2, 0) is 9.59 Å². The van der Waals surface area contributed by atoms with E-state index in [1.165, 1.54) is 0 Å². The number of allylic oxidation sites excluding steroid dienone is 2. The molecule has 0 aromatic carbocycles. The fourth-order valence-corrected chi connectivity index (χ4v) is 5.50. The minimum Gasteiger partial charge on any atom is -0.507 e. The third-order valence-electron chi connectivity index (χ3n) is 6.63. The Morgan fingerprint density at radius 1 is 1.08 bits per heavy atom. The Morgan fingerprint density at radius 3 is 2.29 bits per heavy atom. The van der Waals surface area contributed by atoms with Crippen LogP contribution in [0.25, 0.3) is 0 Å². The summed E-state index contributed by atoms with van der Waals surface area (Å²) in [6.07, 6.45) is 2.48. The summed E-state index contributed by atoms with van der Waals surface area (Å²) in [6.45, 7) is 9.96. The van der Waals surface area contributed by atoms with Crippen LogP contribution in [0.15, 0.2) is 22.5 Å². The Labute approximate surface area is 143 Å². The highest BCUT2D eigenvalue weighted by Crippen LogP contribution is 2.61. The predicted octanol–water partition coefficient (Wildman–Crippen LogP) is 3.50. The number of carbonyl (C=O) groups excluding carboxylic acids is 2. The summed E-state index contributed by atoms with van der Waals surface area (Å²) in [5.41, 5.74) is 0.383. The number of rotatable bonds is 1. The Morgan fingerprint density at radius 2 is 1.71 bits per heavy atom. The molecule has 3 aliphatic carbocycles. The van der Waals surface area contributed by atoms with Crippen LogP contribution < -0.4 is 0 Å². The topological polar surface area (TPSA) is 74.6 Å². The molecule has 3 aliphatic rings. The molecular weight excluding hydrogens is 304 g/mol. The summed E-state index contributed by atoms with van der Waals surface area (Å²) < 4.78 is 0. The van der Waals surface area contributed by atoms with E-state index in [1.54, 1.807) is 13.8 Å². The largest absolute Gasteiger partial charge is 0.507 e. The molecule has 4 heteroatoms. The van der Waals surface area contributed by atoms with Crippen molar-refractivity contribution in [3.05, 3.63) is 22.5 Å². The highest BCUT2D eigenvalue weighted by molar-refractivity contribution is 6.50. The van der Waals surface area contributed by atoms with Gasteiger partial charge in [0.05, 0.1) is 6.10 Å². The highest BCUT2D eigenvalue weighted by atomic mass is 16.3. The van der Waals surface area contributed by atoms with Gasteiger partial charge < -0.3 is 10.2 Å². The van der Waals surface area contributed by atoms with Crippen molar-refractivity contribution in [3.63, 3.8) is 0 Å². The maximum Gasteiger partial charge on any atom is 0.233 e. The maximum absolute atomic E-state index is 13.0. The summed E-state index contributed by atoms with van der Waals surface area (Å²) in [5, 5.41) is 21.5. The molecule has 3 rings (SSSR count). The molecule has 0 unspecified atom stereocenters. The first kappa shape index (κ1) is 17.4. The van der Waals surface area contributed by atoms with E-state index < -0.39 is 23.1 Å². The fraction of sp³-hybridized carbons (Fsp3) is 0.700. The van der Waals surface area contributed by atoms with Gasteiger partial charge in [0.25, 0.3) is 0 Å². The van der Waals surface area contributed by atoms with E-state index in [1.807, 2.05) is 6.92 Å². The van der Waals surface area contributed by atoms with Crippen molar-refractivity contribution >= 4 is 11.6 Å². The molecule has 0 spiro atoms.